The second kappa shape index (κ2) is 2.71. The molecule has 3 fully saturated rings. The van der Waals surface area contributed by atoms with E-state index in [1.807, 2.05) is 0 Å². The number of hydrogen-bond acceptors (Lipinski definition) is 3. The fourth-order valence-corrected chi connectivity index (χ4v) is 2.15. The van der Waals surface area contributed by atoms with Crippen LogP contribution in [0.4, 0.5) is 0 Å². The van der Waals surface area contributed by atoms with Crippen LogP contribution < -0.4 is 0 Å². The van der Waals surface area contributed by atoms with Crippen molar-refractivity contribution >= 4 is 5.97 Å². The number of carbonyl (C=O) groups is 1. The van der Waals surface area contributed by atoms with E-state index in [0.29, 0.717) is 12.6 Å². The van der Waals surface area contributed by atoms with Crippen LogP contribution in [0.25, 0.3) is 0 Å². The number of fused-ring (bicyclic) bond motifs is 3. The molecule has 0 spiro atoms. The van der Waals surface area contributed by atoms with Crippen molar-refractivity contribution in [3.8, 4) is 0 Å². The molecule has 68 valence electrons. The maximum Gasteiger partial charge on any atom is 0.322 e. The molecule has 0 aromatic rings. The van der Waals surface area contributed by atoms with Crippen LogP contribution in [-0.4, -0.2) is 59.1 Å². The largest absolute Gasteiger partial charge is 0.480 e. The second-order valence-electron chi connectivity index (χ2n) is 3.69. The van der Waals surface area contributed by atoms with Crippen molar-refractivity contribution in [1.82, 2.24) is 9.80 Å². The summed E-state index contributed by atoms with van der Waals surface area (Å²) in [7, 11) is 0. The van der Waals surface area contributed by atoms with Crippen molar-refractivity contribution < 1.29 is 9.90 Å². The van der Waals surface area contributed by atoms with Gasteiger partial charge in [-0.05, 0) is 6.92 Å². The van der Waals surface area contributed by atoms with Crippen molar-refractivity contribution in [2.24, 2.45) is 0 Å². The van der Waals surface area contributed by atoms with Gasteiger partial charge >= 0.3 is 5.97 Å². The van der Waals surface area contributed by atoms with Crippen LogP contribution >= 0.6 is 0 Å². The van der Waals surface area contributed by atoms with Crippen LogP contribution in [0.3, 0.4) is 0 Å². The monoisotopic (exact) mass is 170 g/mol. The molecular weight excluding hydrogens is 156 g/mol. The maximum atomic E-state index is 10.8. The van der Waals surface area contributed by atoms with E-state index in [1.54, 1.807) is 0 Å². The first-order valence-corrected chi connectivity index (χ1v) is 4.39. The molecule has 0 aromatic heterocycles. The molecule has 1 N–H and O–H groups in total. The molecule has 0 radical (unpaired) electrons. The summed E-state index contributed by atoms with van der Waals surface area (Å²) in [6.07, 6.45) is 0. The molecule has 4 atom stereocenters. The molecule has 3 rings (SSSR count). The number of piperazine rings is 3. The second-order valence-corrected chi connectivity index (χ2v) is 3.69. The number of nitrogens with zero attached hydrogens (tertiary/aromatic N) is 2. The quantitative estimate of drug-likeness (QED) is 0.574. The third-order valence-electron chi connectivity index (χ3n) is 2.93. The van der Waals surface area contributed by atoms with Gasteiger partial charge in [0.05, 0.1) is 0 Å². The van der Waals surface area contributed by atoms with Crippen LogP contribution in [0, 0.1) is 0 Å². The number of carboxylic acids is 1. The summed E-state index contributed by atoms with van der Waals surface area (Å²) in [4.78, 5) is 15.1. The Morgan fingerprint density at radius 1 is 1.33 bits per heavy atom. The molecule has 4 heteroatoms. The van der Waals surface area contributed by atoms with Crippen molar-refractivity contribution in [2.75, 3.05) is 26.2 Å². The van der Waals surface area contributed by atoms with E-state index < -0.39 is 5.97 Å². The van der Waals surface area contributed by atoms with Crippen LogP contribution in [0.5, 0.6) is 0 Å². The summed E-state index contributed by atoms with van der Waals surface area (Å²) in [5, 5.41) is 8.88. The predicted octanol–water partition coefficient (Wildman–Crippen LogP) is -0.541. The Hall–Kier alpha value is -0.610. The van der Waals surface area contributed by atoms with Gasteiger partial charge in [0.2, 0.25) is 0 Å². The van der Waals surface area contributed by atoms with Crippen LogP contribution in [0.15, 0.2) is 0 Å². The average Bonchev–Trinajstić information content (AvgIpc) is 2.04. The molecule has 3 heterocycles. The van der Waals surface area contributed by atoms with Gasteiger partial charge in [-0.25, -0.2) is 0 Å². The molecule has 4 nitrogen and oxygen atoms in total. The van der Waals surface area contributed by atoms with E-state index in [2.05, 4.69) is 16.7 Å². The first-order chi connectivity index (χ1) is 5.68. The molecule has 0 saturated carbocycles. The smallest absolute Gasteiger partial charge is 0.322 e. The van der Waals surface area contributed by atoms with Gasteiger partial charge in [0.25, 0.3) is 0 Å². The highest BCUT2D eigenvalue weighted by Crippen LogP contribution is 2.20. The SMILES string of the molecule is C[C@H]1CN2CCN1C[C@H]2C(=O)O. The summed E-state index contributed by atoms with van der Waals surface area (Å²) in [6.45, 7) is 5.73. The average molecular weight is 170 g/mol. The van der Waals surface area contributed by atoms with Gasteiger partial charge in [-0.3, -0.25) is 14.6 Å². The van der Waals surface area contributed by atoms with Gasteiger partial charge in [0.15, 0.2) is 0 Å². The highest BCUT2D eigenvalue weighted by atomic mass is 16.4. The highest BCUT2D eigenvalue weighted by molar-refractivity contribution is 5.74. The highest BCUT2D eigenvalue weighted by Gasteiger charge is 2.39. The molecule has 0 aliphatic carbocycles. The molecule has 12 heavy (non-hydrogen) atoms. The molecule has 2 unspecified atom stereocenters. The predicted molar refractivity (Wildman–Crippen MR) is 44.0 cm³/mol. The van der Waals surface area contributed by atoms with Gasteiger partial charge in [0, 0.05) is 32.2 Å². The minimum Gasteiger partial charge on any atom is -0.480 e. The summed E-state index contributed by atoms with van der Waals surface area (Å²) in [6, 6.07) is 0.282. The molecular formula is C8H14N2O2. The van der Waals surface area contributed by atoms with Crippen molar-refractivity contribution in [2.45, 2.75) is 19.0 Å². The minimum atomic E-state index is -0.674. The lowest BCUT2D eigenvalue weighted by atomic mass is 10.0. The summed E-state index contributed by atoms with van der Waals surface area (Å²) in [5.74, 6) is -0.674. The topological polar surface area (TPSA) is 43.8 Å². The maximum absolute atomic E-state index is 10.8. The minimum absolute atomic E-state index is 0.255. The van der Waals surface area contributed by atoms with E-state index in [9.17, 15) is 4.79 Å². The fraction of sp³-hybridized carbons (Fsp3) is 0.875. The zero-order valence-electron chi connectivity index (χ0n) is 7.23. The van der Waals surface area contributed by atoms with Crippen molar-refractivity contribution in [3.05, 3.63) is 0 Å². The Kier molecular flexibility index (Phi) is 1.81. The van der Waals surface area contributed by atoms with Crippen molar-refractivity contribution in [3.63, 3.8) is 0 Å². The fourth-order valence-electron chi connectivity index (χ4n) is 2.15. The van der Waals surface area contributed by atoms with Gasteiger partial charge < -0.3 is 5.11 Å². The zero-order chi connectivity index (χ0) is 8.72. The van der Waals surface area contributed by atoms with E-state index in [-0.39, 0.29) is 6.04 Å². The number of carboxylic acid groups (broad SMARTS) is 1. The molecule has 3 aliphatic heterocycles. The van der Waals surface area contributed by atoms with Gasteiger partial charge in [0.1, 0.15) is 6.04 Å². The number of rotatable bonds is 1. The molecule has 2 bridgehead atoms. The first-order valence-electron chi connectivity index (χ1n) is 4.39. The summed E-state index contributed by atoms with van der Waals surface area (Å²) >= 11 is 0. The molecule has 3 saturated heterocycles. The normalized spacial score (nSPS) is 46.1. The van der Waals surface area contributed by atoms with E-state index in [4.69, 9.17) is 5.11 Å². The summed E-state index contributed by atoms with van der Waals surface area (Å²) < 4.78 is 0. The van der Waals surface area contributed by atoms with E-state index >= 15 is 0 Å². The lowest BCUT2D eigenvalue weighted by molar-refractivity contribution is -0.150. The van der Waals surface area contributed by atoms with Gasteiger partial charge in [-0.1, -0.05) is 0 Å². The lowest BCUT2D eigenvalue weighted by Gasteiger charge is -2.49. The molecule has 0 amide bonds. The Morgan fingerprint density at radius 3 is 2.42 bits per heavy atom. The number of hydrogen-bond donors (Lipinski definition) is 1. The Bertz CT molecular complexity index is 207. The molecule has 0 aromatic carbocycles. The van der Waals surface area contributed by atoms with Gasteiger partial charge in [-0.2, -0.15) is 0 Å². The third-order valence-corrected chi connectivity index (χ3v) is 2.93. The Morgan fingerprint density at radius 2 is 2.00 bits per heavy atom. The Balaban J connectivity index is 2.10. The first kappa shape index (κ1) is 8.01. The number of aliphatic carboxylic acids is 1. The van der Waals surface area contributed by atoms with Crippen LogP contribution in [0.1, 0.15) is 6.92 Å². The lowest BCUT2D eigenvalue weighted by Crippen LogP contribution is -2.66. The Labute approximate surface area is 71.8 Å². The van der Waals surface area contributed by atoms with Crippen LogP contribution in [-0.2, 0) is 4.79 Å². The van der Waals surface area contributed by atoms with Gasteiger partial charge in [-0.15, -0.1) is 0 Å². The van der Waals surface area contributed by atoms with E-state index in [1.165, 1.54) is 0 Å². The molecule has 3 aliphatic rings. The van der Waals surface area contributed by atoms with Crippen molar-refractivity contribution in [1.29, 1.82) is 0 Å². The third kappa shape index (κ3) is 1.11. The van der Waals surface area contributed by atoms with Crippen LogP contribution in [0.2, 0.25) is 0 Å². The zero-order valence-corrected chi connectivity index (χ0v) is 7.23. The van der Waals surface area contributed by atoms with E-state index in [0.717, 1.165) is 19.6 Å². The summed E-state index contributed by atoms with van der Waals surface area (Å²) in [5.41, 5.74) is 0. The standard InChI is InChI=1S/C8H14N2O2/c1-6-4-10-3-2-9(6)5-7(10)8(11)12/h6-7H,2-5H2,1H3,(H,11,12)/t6-,7-/m0/s1.